The molecule has 5 heteroatoms. The molecule has 1 aliphatic heterocycles. The van der Waals surface area contributed by atoms with E-state index in [0.717, 1.165) is 50.8 Å². The van der Waals surface area contributed by atoms with Crippen LogP contribution in [0.25, 0.3) is 0 Å². The summed E-state index contributed by atoms with van der Waals surface area (Å²) in [6.45, 7) is 10.0. The highest BCUT2D eigenvalue weighted by atomic mass is 16.3. The molecule has 0 unspecified atom stereocenters. The number of piperazine rings is 1. The molecule has 2 heterocycles. The van der Waals surface area contributed by atoms with Crippen LogP contribution in [-0.4, -0.2) is 63.7 Å². The number of aromatic nitrogens is 2. The van der Waals surface area contributed by atoms with Crippen molar-refractivity contribution >= 4 is 0 Å². The average Bonchev–Trinajstić information content (AvgIpc) is 2.98. The first-order valence-electron chi connectivity index (χ1n) is 10.3. The second-order valence-corrected chi connectivity index (χ2v) is 8.01. The summed E-state index contributed by atoms with van der Waals surface area (Å²) in [5.41, 5.74) is 2.40. The lowest BCUT2D eigenvalue weighted by molar-refractivity contribution is 0.0395. The number of H-pyrrole nitrogens is 1. The van der Waals surface area contributed by atoms with Gasteiger partial charge in [0.25, 0.3) is 0 Å². The third-order valence-electron chi connectivity index (χ3n) is 6.11. The van der Waals surface area contributed by atoms with E-state index in [-0.39, 0.29) is 0 Å². The van der Waals surface area contributed by atoms with E-state index in [1.807, 2.05) is 0 Å². The van der Waals surface area contributed by atoms with Crippen LogP contribution in [0.3, 0.4) is 0 Å². The average molecular weight is 349 g/mol. The number of hydrogen-bond acceptors (Lipinski definition) is 4. The van der Waals surface area contributed by atoms with E-state index in [2.05, 4.69) is 28.6 Å². The van der Waals surface area contributed by atoms with Gasteiger partial charge in [0.2, 0.25) is 0 Å². The molecule has 25 heavy (non-hydrogen) atoms. The van der Waals surface area contributed by atoms with Crippen molar-refractivity contribution in [2.75, 3.05) is 32.8 Å². The number of aromatic amines is 1. The minimum atomic E-state index is 0.293. The van der Waals surface area contributed by atoms with Crippen LogP contribution in [0.1, 0.15) is 62.7 Å². The third kappa shape index (κ3) is 5.05. The quantitative estimate of drug-likeness (QED) is 0.795. The Hall–Kier alpha value is -0.910. The highest BCUT2D eigenvalue weighted by Crippen LogP contribution is 2.26. The van der Waals surface area contributed by atoms with Crippen LogP contribution in [-0.2, 0) is 13.0 Å². The lowest BCUT2D eigenvalue weighted by Gasteiger charge is -2.43. The van der Waals surface area contributed by atoms with Gasteiger partial charge in [-0.15, -0.1) is 0 Å². The van der Waals surface area contributed by atoms with Crippen molar-refractivity contribution in [3.63, 3.8) is 0 Å². The van der Waals surface area contributed by atoms with Crippen LogP contribution in [0.4, 0.5) is 0 Å². The Kier molecular flexibility index (Phi) is 6.91. The van der Waals surface area contributed by atoms with Crippen LogP contribution in [0.5, 0.6) is 0 Å². The molecular weight excluding hydrogens is 312 g/mol. The molecule has 0 bridgehead atoms. The SMILES string of the molecule is CCc1nc(CN2CCN(CC3CCCCC3)[C@@H](CCO)C2)c(C)[nH]1. The van der Waals surface area contributed by atoms with Crippen LogP contribution >= 0.6 is 0 Å². The minimum absolute atomic E-state index is 0.293. The van der Waals surface area contributed by atoms with Crippen molar-refractivity contribution in [3.8, 4) is 0 Å². The summed E-state index contributed by atoms with van der Waals surface area (Å²) >= 11 is 0. The fourth-order valence-electron chi connectivity index (χ4n) is 4.56. The van der Waals surface area contributed by atoms with Crippen LogP contribution in [0, 0.1) is 12.8 Å². The Bertz CT molecular complexity index is 524. The maximum absolute atomic E-state index is 9.53. The lowest BCUT2D eigenvalue weighted by atomic mass is 9.88. The summed E-state index contributed by atoms with van der Waals surface area (Å²) in [7, 11) is 0. The molecule has 0 amide bonds. The Morgan fingerprint density at radius 1 is 1.20 bits per heavy atom. The molecule has 3 rings (SSSR count). The third-order valence-corrected chi connectivity index (χ3v) is 6.11. The number of nitrogens with zero attached hydrogens (tertiary/aromatic N) is 3. The molecule has 0 radical (unpaired) electrons. The summed E-state index contributed by atoms with van der Waals surface area (Å²) in [5, 5.41) is 9.53. The Balaban J connectivity index is 1.57. The highest BCUT2D eigenvalue weighted by Gasteiger charge is 2.29. The zero-order chi connectivity index (χ0) is 17.6. The summed E-state index contributed by atoms with van der Waals surface area (Å²) < 4.78 is 0. The summed E-state index contributed by atoms with van der Waals surface area (Å²) in [5.74, 6) is 1.97. The van der Waals surface area contributed by atoms with E-state index in [1.54, 1.807) is 0 Å². The Morgan fingerprint density at radius 3 is 2.68 bits per heavy atom. The van der Waals surface area contributed by atoms with E-state index < -0.39 is 0 Å². The van der Waals surface area contributed by atoms with Crippen LogP contribution < -0.4 is 0 Å². The van der Waals surface area contributed by atoms with Gasteiger partial charge in [-0.25, -0.2) is 4.98 Å². The number of nitrogens with one attached hydrogen (secondary N) is 1. The van der Waals surface area contributed by atoms with Gasteiger partial charge in [0.15, 0.2) is 0 Å². The summed E-state index contributed by atoms with van der Waals surface area (Å²) in [4.78, 5) is 13.3. The van der Waals surface area contributed by atoms with Crippen molar-refractivity contribution in [3.05, 3.63) is 17.2 Å². The van der Waals surface area contributed by atoms with Crippen molar-refractivity contribution in [2.45, 2.75) is 71.4 Å². The van der Waals surface area contributed by atoms with Gasteiger partial charge in [0.1, 0.15) is 5.82 Å². The Morgan fingerprint density at radius 2 is 2.00 bits per heavy atom. The molecular formula is C20H36N4O. The number of rotatable bonds is 7. The van der Waals surface area contributed by atoms with Gasteiger partial charge in [0.05, 0.1) is 5.69 Å². The van der Waals surface area contributed by atoms with Crippen LogP contribution in [0.15, 0.2) is 0 Å². The molecule has 1 saturated carbocycles. The fraction of sp³-hybridized carbons (Fsp3) is 0.850. The molecule has 1 atom stereocenters. The van der Waals surface area contributed by atoms with Gasteiger partial charge < -0.3 is 10.1 Å². The topological polar surface area (TPSA) is 55.4 Å². The fourth-order valence-corrected chi connectivity index (χ4v) is 4.56. The molecule has 0 aromatic carbocycles. The predicted molar refractivity (Wildman–Crippen MR) is 102 cm³/mol. The molecule has 1 aromatic rings. The van der Waals surface area contributed by atoms with E-state index >= 15 is 0 Å². The van der Waals surface area contributed by atoms with Gasteiger partial charge in [-0.05, 0) is 32.1 Å². The van der Waals surface area contributed by atoms with Gasteiger partial charge >= 0.3 is 0 Å². The molecule has 2 N–H and O–H groups in total. The van der Waals surface area contributed by atoms with E-state index in [4.69, 9.17) is 4.98 Å². The summed E-state index contributed by atoms with van der Waals surface area (Å²) in [6, 6.07) is 0.491. The van der Waals surface area contributed by atoms with Gasteiger partial charge in [-0.1, -0.05) is 26.2 Å². The number of aliphatic hydroxyl groups is 1. The smallest absolute Gasteiger partial charge is 0.106 e. The number of imidazole rings is 1. The maximum Gasteiger partial charge on any atom is 0.106 e. The maximum atomic E-state index is 9.53. The normalized spacial score (nSPS) is 24.0. The number of hydrogen-bond donors (Lipinski definition) is 2. The first-order chi connectivity index (χ1) is 12.2. The summed E-state index contributed by atoms with van der Waals surface area (Å²) in [6.07, 6.45) is 8.90. The standard InChI is InChI=1S/C20H36N4O/c1-3-20-21-16(2)19(22-20)15-23-10-11-24(18(14-23)9-12-25)13-17-7-5-4-6-8-17/h17-18,25H,3-15H2,1-2H3,(H,21,22)/t18-/m0/s1. The molecule has 1 aliphatic carbocycles. The molecule has 5 nitrogen and oxygen atoms in total. The van der Waals surface area contributed by atoms with E-state index in [9.17, 15) is 5.11 Å². The lowest BCUT2D eigenvalue weighted by Crippen LogP contribution is -2.54. The zero-order valence-corrected chi connectivity index (χ0v) is 16.1. The molecule has 2 aliphatic rings. The van der Waals surface area contributed by atoms with Gasteiger partial charge in [-0.3, -0.25) is 9.80 Å². The van der Waals surface area contributed by atoms with Gasteiger partial charge in [-0.2, -0.15) is 0 Å². The number of aryl methyl sites for hydroxylation is 2. The monoisotopic (exact) mass is 348 g/mol. The van der Waals surface area contributed by atoms with Crippen LogP contribution in [0.2, 0.25) is 0 Å². The second kappa shape index (κ2) is 9.15. The van der Waals surface area contributed by atoms with Crippen molar-refractivity contribution < 1.29 is 5.11 Å². The van der Waals surface area contributed by atoms with Crippen molar-refractivity contribution in [1.82, 2.24) is 19.8 Å². The highest BCUT2D eigenvalue weighted by molar-refractivity contribution is 5.13. The van der Waals surface area contributed by atoms with Crippen molar-refractivity contribution in [1.29, 1.82) is 0 Å². The Labute approximate surface area is 152 Å². The molecule has 1 saturated heterocycles. The molecule has 2 fully saturated rings. The van der Waals surface area contributed by atoms with E-state index in [0.29, 0.717) is 12.6 Å². The van der Waals surface area contributed by atoms with Crippen molar-refractivity contribution in [2.24, 2.45) is 5.92 Å². The second-order valence-electron chi connectivity index (χ2n) is 8.01. The number of aliphatic hydroxyl groups excluding tert-OH is 1. The predicted octanol–water partition coefficient (Wildman–Crippen LogP) is 2.73. The first kappa shape index (κ1) is 18.9. The first-order valence-corrected chi connectivity index (χ1v) is 10.3. The zero-order valence-electron chi connectivity index (χ0n) is 16.1. The minimum Gasteiger partial charge on any atom is -0.396 e. The largest absolute Gasteiger partial charge is 0.396 e. The molecule has 0 spiro atoms. The molecule has 142 valence electrons. The molecule has 1 aromatic heterocycles. The van der Waals surface area contributed by atoms with Gasteiger partial charge in [0, 0.05) is 57.5 Å². The van der Waals surface area contributed by atoms with E-state index in [1.165, 1.54) is 50.0 Å².